The van der Waals surface area contributed by atoms with Crippen molar-refractivity contribution < 1.29 is 5.11 Å². The first kappa shape index (κ1) is 17.5. The fourth-order valence-corrected chi connectivity index (χ4v) is 3.89. The van der Waals surface area contributed by atoms with Gasteiger partial charge in [0.2, 0.25) is 5.95 Å². The Bertz CT molecular complexity index is 980. The van der Waals surface area contributed by atoms with Crippen LogP contribution in [0.4, 0.5) is 5.95 Å². The molecule has 3 heterocycles. The number of hydrogen-bond acceptors (Lipinski definition) is 7. The van der Waals surface area contributed by atoms with E-state index < -0.39 is 5.60 Å². The second-order valence-corrected chi connectivity index (χ2v) is 7.81. The van der Waals surface area contributed by atoms with Gasteiger partial charge in [0.05, 0.1) is 16.6 Å². The van der Waals surface area contributed by atoms with Crippen LogP contribution in [0.25, 0.3) is 11.0 Å². The molecule has 0 bridgehead atoms. The van der Waals surface area contributed by atoms with E-state index in [2.05, 4.69) is 48.8 Å². The normalized spacial score (nSPS) is 20.3. The summed E-state index contributed by atoms with van der Waals surface area (Å²) in [6.45, 7) is 5.93. The molecule has 1 saturated carbocycles. The Hall–Kier alpha value is -2.64. The topological polar surface area (TPSA) is 78.3 Å². The van der Waals surface area contributed by atoms with E-state index in [-0.39, 0.29) is 0 Å². The van der Waals surface area contributed by atoms with Gasteiger partial charge in [0.25, 0.3) is 0 Å². The van der Waals surface area contributed by atoms with Crippen molar-refractivity contribution in [2.45, 2.75) is 31.4 Å². The number of aromatic nitrogens is 4. The highest BCUT2D eigenvalue weighted by molar-refractivity contribution is 5.74. The van der Waals surface area contributed by atoms with Gasteiger partial charge in [0, 0.05) is 62.6 Å². The van der Waals surface area contributed by atoms with Crippen LogP contribution in [0.3, 0.4) is 0 Å². The second-order valence-electron chi connectivity index (χ2n) is 7.81. The van der Waals surface area contributed by atoms with Gasteiger partial charge in [-0.05, 0) is 37.5 Å². The lowest BCUT2D eigenvalue weighted by atomic mass is 10.1. The summed E-state index contributed by atoms with van der Waals surface area (Å²) >= 11 is 0. The fourth-order valence-electron chi connectivity index (χ4n) is 3.89. The summed E-state index contributed by atoms with van der Waals surface area (Å²) in [4.78, 5) is 22.5. The van der Waals surface area contributed by atoms with Gasteiger partial charge in [-0.1, -0.05) is 6.07 Å². The van der Waals surface area contributed by atoms with Gasteiger partial charge in [0.15, 0.2) is 0 Å². The molecule has 5 rings (SSSR count). The predicted octanol–water partition coefficient (Wildman–Crippen LogP) is 2.28. The molecule has 0 spiro atoms. The van der Waals surface area contributed by atoms with Crippen molar-refractivity contribution in [3.8, 4) is 0 Å². The summed E-state index contributed by atoms with van der Waals surface area (Å²) in [5.74, 6) is 0.751. The molecule has 1 aliphatic heterocycles. The van der Waals surface area contributed by atoms with Crippen molar-refractivity contribution in [1.29, 1.82) is 0 Å². The van der Waals surface area contributed by atoms with E-state index in [1.165, 1.54) is 5.56 Å². The minimum atomic E-state index is -0.670. The lowest BCUT2D eigenvalue weighted by Gasteiger charge is -2.38. The number of piperazine rings is 1. The summed E-state index contributed by atoms with van der Waals surface area (Å²) in [6, 6.07) is 6.66. The quantitative estimate of drug-likeness (QED) is 0.748. The first-order chi connectivity index (χ1) is 13.6. The van der Waals surface area contributed by atoms with E-state index in [1.807, 2.05) is 6.07 Å². The van der Waals surface area contributed by atoms with Gasteiger partial charge in [-0.25, -0.2) is 9.97 Å². The first-order valence-electron chi connectivity index (χ1n) is 9.87. The maximum Gasteiger partial charge on any atom is 0.225 e. The standard InChI is InChI=1S/C21H24N6O/c1-15(16-2-3-18-19(12-16)23-7-6-22-18)26-8-10-27(11-9-26)20-24-13-17(14-25-20)21(28)4-5-21/h2-3,6-7,12-15,28H,4-5,8-11H2,1H3. The number of hydrogen-bond donors (Lipinski definition) is 1. The molecule has 0 amide bonds. The summed E-state index contributed by atoms with van der Waals surface area (Å²) in [5.41, 5.74) is 3.30. The molecule has 2 aromatic heterocycles. The van der Waals surface area contributed by atoms with Crippen molar-refractivity contribution in [2.75, 3.05) is 31.1 Å². The zero-order valence-electron chi connectivity index (χ0n) is 16.0. The molecule has 28 heavy (non-hydrogen) atoms. The third-order valence-electron chi connectivity index (χ3n) is 6.02. The van der Waals surface area contributed by atoms with Crippen LogP contribution in [0.5, 0.6) is 0 Å². The van der Waals surface area contributed by atoms with Crippen LogP contribution in [0.1, 0.15) is 36.9 Å². The third kappa shape index (κ3) is 3.21. The molecule has 144 valence electrons. The molecule has 1 aromatic carbocycles. The summed E-state index contributed by atoms with van der Waals surface area (Å²) < 4.78 is 0. The largest absolute Gasteiger partial charge is 0.385 e. The number of anilines is 1. The highest BCUT2D eigenvalue weighted by atomic mass is 16.3. The van der Waals surface area contributed by atoms with Crippen molar-refractivity contribution in [3.05, 3.63) is 54.1 Å². The van der Waals surface area contributed by atoms with Crippen LogP contribution in [-0.2, 0) is 5.60 Å². The minimum Gasteiger partial charge on any atom is -0.385 e. The van der Waals surface area contributed by atoms with Crippen molar-refractivity contribution in [1.82, 2.24) is 24.8 Å². The second kappa shape index (κ2) is 6.76. The minimum absolute atomic E-state index is 0.320. The maximum absolute atomic E-state index is 10.2. The number of benzene rings is 1. The summed E-state index contributed by atoms with van der Waals surface area (Å²) in [5, 5.41) is 10.2. The molecule has 7 heteroatoms. The van der Waals surface area contributed by atoms with Crippen molar-refractivity contribution >= 4 is 17.0 Å². The van der Waals surface area contributed by atoms with Crippen LogP contribution < -0.4 is 4.90 Å². The molecule has 0 radical (unpaired) electrons. The number of aliphatic hydroxyl groups is 1. The Morgan fingerprint density at radius 1 is 0.929 bits per heavy atom. The Balaban J connectivity index is 1.24. The van der Waals surface area contributed by atoms with Crippen molar-refractivity contribution in [2.24, 2.45) is 0 Å². The molecule has 2 aliphatic rings. The Kier molecular flexibility index (Phi) is 4.21. The Morgan fingerprint density at radius 2 is 1.61 bits per heavy atom. The van der Waals surface area contributed by atoms with Crippen LogP contribution >= 0.6 is 0 Å². The van der Waals surface area contributed by atoms with E-state index >= 15 is 0 Å². The highest BCUT2D eigenvalue weighted by Gasteiger charge is 2.42. The molecule has 2 fully saturated rings. The molecule has 1 atom stereocenters. The smallest absolute Gasteiger partial charge is 0.225 e. The SMILES string of the molecule is CC(c1ccc2nccnc2c1)N1CCN(c2ncc(C3(O)CC3)cn2)CC1. The molecular formula is C21H24N6O. The van der Waals surface area contributed by atoms with Gasteiger partial charge < -0.3 is 10.0 Å². The monoisotopic (exact) mass is 376 g/mol. The summed E-state index contributed by atoms with van der Waals surface area (Å²) in [6.07, 6.45) is 8.65. The first-order valence-corrected chi connectivity index (χ1v) is 9.87. The van der Waals surface area contributed by atoms with Gasteiger partial charge >= 0.3 is 0 Å². The molecule has 1 N–H and O–H groups in total. The average Bonchev–Trinajstić information content (AvgIpc) is 3.52. The summed E-state index contributed by atoms with van der Waals surface area (Å²) in [7, 11) is 0. The van der Waals surface area contributed by atoms with Crippen LogP contribution in [0.2, 0.25) is 0 Å². The van der Waals surface area contributed by atoms with Crippen LogP contribution in [-0.4, -0.2) is 56.1 Å². The van der Waals surface area contributed by atoms with E-state index in [1.54, 1.807) is 24.8 Å². The van der Waals surface area contributed by atoms with Gasteiger partial charge in [-0.2, -0.15) is 0 Å². The Morgan fingerprint density at radius 3 is 2.29 bits per heavy atom. The van der Waals surface area contributed by atoms with Crippen molar-refractivity contribution in [3.63, 3.8) is 0 Å². The molecule has 7 nitrogen and oxygen atoms in total. The number of nitrogens with zero attached hydrogens (tertiary/aromatic N) is 6. The van der Waals surface area contributed by atoms with Crippen LogP contribution in [0, 0.1) is 0 Å². The van der Waals surface area contributed by atoms with E-state index in [4.69, 9.17) is 0 Å². The van der Waals surface area contributed by atoms with Gasteiger partial charge in [0.1, 0.15) is 0 Å². The van der Waals surface area contributed by atoms with E-state index in [0.717, 1.165) is 61.6 Å². The van der Waals surface area contributed by atoms with Gasteiger partial charge in [-0.3, -0.25) is 14.9 Å². The van der Waals surface area contributed by atoms with Gasteiger partial charge in [-0.15, -0.1) is 0 Å². The fraction of sp³-hybridized carbons (Fsp3) is 0.429. The number of fused-ring (bicyclic) bond motifs is 1. The number of rotatable bonds is 4. The average molecular weight is 376 g/mol. The molecule has 1 unspecified atom stereocenters. The van der Waals surface area contributed by atoms with Crippen LogP contribution in [0.15, 0.2) is 43.0 Å². The Labute approximate surface area is 164 Å². The van der Waals surface area contributed by atoms with E-state index in [9.17, 15) is 5.11 Å². The zero-order chi connectivity index (χ0) is 19.1. The molecule has 3 aromatic rings. The zero-order valence-corrected chi connectivity index (χ0v) is 16.0. The lowest BCUT2D eigenvalue weighted by Crippen LogP contribution is -2.47. The maximum atomic E-state index is 10.2. The molecule has 1 saturated heterocycles. The lowest BCUT2D eigenvalue weighted by molar-refractivity contribution is 0.150. The highest BCUT2D eigenvalue weighted by Crippen LogP contribution is 2.44. The third-order valence-corrected chi connectivity index (χ3v) is 6.02. The molecule has 1 aliphatic carbocycles. The molecular weight excluding hydrogens is 352 g/mol. The van der Waals surface area contributed by atoms with E-state index in [0.29, 0.717) is 6.04 Å². The predicted molar refractivity (Wildman–Crippen MR) is 107 cm³/mol.